The van der Waals surface area contributed by atoms with Gasteiger partial charge >= 0.3 is 0 Å². The van der Waals surface area contributed by atoms with E-state index in [1.54, 1.807) is 11.1 Å². The highest BCUT2D eigenvalue weighted by atomic mass is 16.5. The molecule has 0 aromatic heterocycles. The second kappa shape index (κ2) is 4.08. The zero-order valence-electron chi connectivity index (χ0n) is 11.3. The highest BCUT2D eigenvalue weighted by Crippen LogP contribution is 2.48. The fourth-order valence-corrected chi connectivity index (χ4v) is 4.60. The Morgan fingerprint density at radius 3 is 1.39 bits per heavy atom. The Morgan fingerprint density at radius 1 is 0.611 bits per heavy atom. The first kappa shape index (κ1) is 11.5. The van der Waals surface area contributed by atoms with Crippen LogP contribution in [0.2, 0.25) is 0 Å². The van der Waals surface area contributed by atoms with Crippen LogP contribution in [0.5, 0.6) is 0 Å². The number of rotatable bonds is 0. The maximum atomic E-state index is 6.29. The molecule has 2 aliphatic carbocycles. The molecule has 2 aliphatic heterocycles. The van der Waals surface area contributed by atoms with Crippen LogP contribution in [0, 0.1) is 0 Å². The van der Waals surface area contributed by atoms with E-state index in [1.165, 1.54) is 64.2 Å². The first-order valence-corrected chi connectivity index (χ1v) is 7.77. The van der Waals surface area contributed by atoms with Crippen molar-refractivity contribution >= 4 is 0 Å². The molecule has 2 heteroatoms. The van der Waals surface area contributed by atoms with E-state index in [4.69, 9.17) is 9.47 Å². The Hall–Kier alpha value is -0.340. The molecule has 4 rings (SSSR count). The van der Waals surface area contributed by atoms with Crippen LogP contribution in [0.25, 0.3) is 0 Å². The molecule has 2 saturated carbocycles. The molecule has 2 nitrogen and oxygen atoms in total. The van der Waals surface area contributed by atoms with E-state index in [0.29, 0.717) is 0 Å². The van der Waals surface area contributed by atoms with E-state index in [9.17, 15) is 0 Å². The summed E-state index contributed by atoms with van der Waals surface area (Å²) in [5, 5.41) is 0. The van der Waals surface area contributed by atoms with Gasteiger partial charge in [0.2, 0.25) is 0 Å². The van der Waals surface area contributed by atoms with Gasteiger partial charge in [-0.15, -0.1) is 0 Å². The van der Waals surface area contributed by atoms with E-state index < -0.39 is 0 Å². The van der Waals surface area contributed by atoms with Crippen molar-refractivity contribution in [2.75, 3.05) is 13.2 Å². The van der Waals surface area contributed by atoms with Crippen molar-refractivity contribution in [2.45, 2.75) is 75.4 Å². The predicted octanol–water partition coefficient (Wildman–Crippen LogP) is 3.75. The molecule has 2 heterocycles. The van der Waals surface area contributed by atoms with Crippen molar-refractivity contribution in [1.29, 1.82) is 0 Å². The molecular formula is C16H24O2. The van der Waals surface area contributed by atoms with Gasteiger partial charge in [0.05, 0.1) is 24.4 Å². The fourth-order valence-electron chi connectivity index (χ4n) is 4.60. The van der Waals surface area contributed by atoms with Gasteiger partial charge < -0.3 is 9.47 Å². The summed E-state index contributed by atoms with van der Waals surface area (Å²) in [6.45, 7) is 1.81. The zero-order chi connectivity index (χ0) is 12.1. The summed E-state index contributed by atoms with van der Waals surface area (Å²) in [5.74, 6) is 0. The van der Waals surface area contributed by atoms with Crippen molar-refractivity contribution in [3.63, 3.8) is 0 Å². The Labute approximate surface area is 110 Å². The molecule has 0 atom stereocenters. The van der Waals surface area contributed by atoms with Gasteiger partial charge in [-0.1, -0.05) is 25.7 Å². The van der Waals surface area contributed by atoms with Crippen LogP contribution >= 0.6 is 0 Å². The Balaban J connectivity index is 1.55. The summed E-state index contributed by atoms with van der Waals surface area (Å²) >= 11 is 0. The molecule has 0 N–H and O–H groups in total. The van der Waals surface area contributed by atoms with Gasteiger partial charge in [0, 0.05) is 0 Å². The summed E-state index contributed by atoms with van der Waals surface area (Å²) in [6.07, 6.45) is 12.8. The second-order valence-electron chi connectivity index (χ2n) is 6.92. The lowest BCUT2D eigenvalue weighted by Crippen LogP contribution is -2.42. The summed E-state index contributed by atoms with van der Waals surface area (Å²) < 4.78 is 12.6. The van der Waals surface area contributed by atoms with E-state index in [1.807, 2.05) is 0 Å². The lowest BCUT2D eigenvalue weighted by atomic mass is 9.81. The Morgan fingerprint density at radius 2 is 1.00 bits per heavy atom. The fraction of sp³-hybridized carbons (Fsp3) is 0.875. The molecule has 0 aromatic carbocycles. The monoisotopic (exact) mass is 248 g/mol. The average molecular weight is 248 g/mol. The van der Waals surface area contributed by atoms with Gasteiger partial charge in [-0.05, 0) is 49.7 Å². The van der Waals surface area contributed by atoms with Crippen LogP contribution in [-0.4, -0.2) is 24.4 Å². The third kappa shape index (κ3) is 1.77. The number of hydrogen-bond acceptors (Lipinski definition) is 2. The maximum absolute atomic E-state index is 6.29. The van der Waals surface area contributed by atoms with Crippen molar-refractivity contribution in [2.24, 2.45) is 0 Å². The first-order chi connectivity index (χ1) is 8.79. The van der Waals surface area contributed by atoms with Gasteiger partial charge in [0.25, 0.3) is 0 Å². The first-order valence-electron chi connectivity index (χ1n) is 7.77. The largest absolute Gasteiger partial charge is 0.370 e. The summed E-state index contributed by atoms with van der Waals surface area (Å²) in [6, 6.07) is 0. The standard InChI is InChI=1S/C16H24O2/c1-2-6-15(5-1)9-13-12-18-16(7-3-4-8-16)10-14(13)11-17-15/h1-12H2. The molecule has 0 unspecified atom stereocenters. The van der Waals surface area contributed by atoms with Crippen LogP contribution in [0.3, 0.4) is 0 Å². The van der Waals surface area contributed by atoms with Crippen molar-refractivity contribution in [1.82, 2.24) is 0 Å². The molecule has 0 bridgehead atoms. The molecule has 100 valence electrons. The lowest BCUT2D eigenvalue weighted by molar-refractivity contribution is -0.0824. The van der Waals surface area contributed by atoms with Gasteiger partial charge in [0.15, 0.2) is 0 Å². The normalized spacial score (nSPS) is 33.3. The van der Waals surface area contributed by atoms with Gasteiger partial charge in [-0.25, -0.2) is 0 Å². The number of hydrogen-bond donors (Lipinski definition) is 0. The summed E-state index contributed by atoms with van der Waals surface area (Å²) in [5.41, 5.74) is 3.62. The van der Waals surface area contributed by atoms with Crippen LogP contribution in [0.1, 0.15) is 64.2 Å². The Kier molecular flexibility index (Phi) is 2.60. The minimum Gasteiger partial charge on any atom is -0.370 e. The minimum absolute atomic E-state index is 0.211. The lowest BCUT2D eigenvalue weighted by Gasteiger charge is -2.43. The summed E-state index contributed by atoms with van der Waals surface area (Å²) in [4.78, 5) is 0. The molecule has 0 saturated heterocycles. The smallest absolute Gasteiger partial charge is 0.0724 e. The van der Waals surface area contributed by atoms with Crippen LogP contribution < -0.4 is 0 Å². The predicted molar refractivity (Wildman–Crippen MR) is 70.6 cm³/mol. The topological polar surface area (TPSA) is 18.5 Å². The second-order valence-corrected chi connectivity index (χ2v) is 6.92. The highest BCUT2D eigenvalue weighted by molar-refractivity contribution is 5.26. The molecular weight excluding hydrogens is 224 g/mol. The molecule has 2 fully saturated rings. The highest BCUT2D eigenvalue weighted by Gasteiger charge is 2.45. The van der Waals surface area contributed by atoms with Crippen molar-refractivity contribution < 1.29 is 9.47 Å². The van der Waals surface area contributed by atoms with E-state index in [2.05, 4.69) is 0 Å². The molecule has 0 amide bonds. The van der Waals surface area contributed by atoms with Gasteiger partial charge in [-0.2, -0.15) is 0 Å². The van der Waals surface area contributed by atoms with E-state index in [-0.39, 0.29) is 11.2 Å². The third-order valence-electron chi connectivity index (χ3n) is 5.71. The third-order valence-corrected chi connectivity index (χ3v) is 5.71. The van der Waals surface area contributed by atoms with Crippen LogP contribution in [0.15, 0.2) is 11.1 Å². The zero-order valence-corrected chi connectivity index (χ0v) is 11.3. The molecule has 18 heavy (non-hydrogen) atoms. The number of ether oxygens (including phenoxy) is 2. The Bertz CT molecular complexity index is 335. The SMILES string of the molecule is C1CCC2(C1)CC1=C(CO2)CC2(CCCC2)OC1. The average Bonchev–Trinajstić information content (AvgIpc) is 3.01. The minimum atomic E-state index is 0.211. The van der Waals surface area contributed by atoms with E-state index in [0.717, 1.165) is 13.2 Å². The molecule has 4 aliphatic rings. The van der Waals surface area contributed by atoms with Gasteiger partial charge in [0.1, 0.15) is 0 Å². The maximum Gasteiger partial charge on any atom is 0.0724 e. The van der Waals surface area contributed by atoms with E-state index >= 15 is 0 Å². The summed E-state index contributed by atoms with van der Waals surface area (Å²) in [7, 11) is 0. The molecule has 0 aromatic rings. The van der Waals surface area contributed by atoms with Crippen LogP contribution in [0.4, 0.5) is 0 Å². The van der Waals surface area contributed by atoms with Crippen LogP contribution in [-0.2, 0) is 9.47 Å². The van der Waals surface area contributed by atoms with Crippen molar-refractivity contribution in [3.8, 4) is 0 Å². The quantitative estimate of drug-likeness (QED) is 0.608. The van der Waals surface area contributed by atoms with Crippen molar-refractivity contribution in [3.05, 3.63) is 11.1 Å². The molecule has 0 radical (unpaired) electrons. The molecule has 2 spiro atoms. The van der Waals surface area contributed by atoms with Gasteiger partial charge in [-0.3, -0.25) is 0 Å².